The van der Waals surface area contributed by atoms with Gasteiger partial charge in [-0.1, -0.05) is 24.3 Å². The van der Waals surface area contributed by atoms with Gasteiger partial charge in [-0.3, -0.25) is 9.59 Å². The van der Waals surface area contributed by atoms with Gasteiger partial charge in [0, 0.05) is 18.5 Å². The Labute approximate surface area is 176 Å². The lowest BCUT2D eigenvalue weighted by Gasteiger charge is -2.29. The molecule has 0 saturated carbocycles. The average Bonchev–Trinajstić information content (AvgIpc) is 2.65. The zero-order chi connectivity index (χ0) is 21.9. The Balaban J connectivity index is 1.72. The number of fused-ring (bicyclic) bond motifs is 1. The van der Waals surface area contributed by atoms with E-state index in [4.69, 9.17) is 4.74 Å². The summed E-state index contributed by atoms with van der Waals surface area (Å²) < 4.78 is 33.4. The quantitative estimate of drug-likeness (QED) is 0.731. The van der Waals surface area contributed by atoms with E-state index >= 15 is 0 Å². The van der Waals surface area contributed by atoms with E-state index in [2.05, 4.69) is 10.0 Å². The Bertz CT molecular complexity index is 1060. The van der Waals surface area contributed by atoms with E-state index in [0.717, 1.165) is 0 Å². The van der Waals surface area contributed by atoms with Crippen molar-refractivity contribution in [3.05, 3.63) is 48.5 Å². The van der Waals surface area contributed by atoms with Crippen molar-refractivity contribution in [2.24, 2.45) is 0 Å². The van der Waals surface area contributed by atoms with E-state index in [-0.39, 0.29) is 36.1 Å². The number of para-hydroxylation sites is 3. The second kappa shape index (κ2) is 8.45. The molecule has 1 heterocycles. The highest BCUT2D eigenvalue weighted by atomic mass is 32.2. The van der Waals surface area contributed by atoms with Gasteiger partial charge in [0.1, 0.15) is 10.6 Å². The first-order valence-electron chi connectivity index (χ1n) is 9.52. The SMILES string of the molecule is CC(C)(C)NS(=O)(=O)c1ccccc1NC(=O)CCN1C(=O)COc2ccccc21. The Kier molecular flexibility index (Phi) is 6.14. The second-order valence-corrected chi connectivity index (χ2v) is 9.60. The minimum Gasteiger partial charge on any atom is -0.482 e. The number of sulfonamides is 1. The van der Waals surface area contributed by atoms with Gasteiger partial charge in [0.2, 0.25) is 15.9 Å². The second-order valence-electron chi connectivity index (χ2n) is 7.95. The van der Waals surface area contributed by atoms with Gasteiger partial charge < -0.3 is 15.0 Å². The van der Waals surface area contributed by atoms with Crippen LogP contribution in [0.1, 0.15) is 27.2 Å². The summed E-state index contributed by atoms with van der Waals surface area (Å²) in [4.78, 5) is 26.3. The molecular formula is C21H25N3O5S. The monoisotopic (exact) mass is 431 g/mol. The Morgan fingerprint density at radius 3 is 2.50 bits per heavy atom. The largest absolute Gasteiger partial charge is 0.482 e. The molecule has 0 saturated heterocycles. The maximum atomic E-state index is 12.7. The van der Waals surface area contributed by atoms with Crippen LogP contribution in [0, 0.1) is 0 Å². The smallest absolute Gasteiger partial charge is 0.265 e. The molecule has 0 atom stereocenters. The Morgan fingerprint density at radius 1 is 1.10 bits per heavy atom. The maximum absolute atomic E-state index is 12.7. The molecule has 30 heavy (non-hydrogen) atoms. The number of carbonyl (C=O) groups excluding carboxylic acids is 2. The summed E-state index contributed by atoms with van der Waals surface area (Å²) in [6, 6.07) is 13.3. The maximum Gasteiger partial charge on any atom is 0.265 e. The van der Waals surface area contributed by atoms with Gasteiger partial charge in [-0.15, -0.1) is 0 Å². The van der Waals surface area contributed by atoms with Crippen molar-refractivity contribution in [1.82, 2.24) is 4.72 Å². The molecule has 0 aliphatic carbocycles. The number of rotatable bonds is 6. The molecule has 2 aromatic carbocycles. The van der Waals surface area contributed by atoms with Crippen molar-refractivity contribution in [3.63, 3.8) is 0 Å². The van der Waals surface area contributed by atoms with Crippen LogP contribution in [0.3, 0.4) is 0 Å². The molecule has 0 aromatic heterocycles. The third-order valence-electron chi connectivity index (χ3n) is 4.26. The Hall–Kier alpha value is -2.91. The molecule has 1 aliphatic heterocycles. The van der Waals surface area contributed by atoms with Crippen molar-refractivity contribution < 1.29 is 22.7 Å². The number of benzene rings is 2. The van der Waals surface area contributed by atoms with Crippen LogP contribution in [0.5, 0.6) is 5.75 Å². The van der Waals surface area contributed by atoms with Crippen molar-refractivity contribution in [2.75, 3.05) is 23.4 Å². The van der Waals surface area contributed by atoms with Crippen molar-refractivity contribution in [3.8, 4) is 5.75 Å². The number of nitrogens with zero attached hydrogens (tertiary/aromatic N) is 1. The molecule has 0 radical (unpaired) electrons. The summed E-state index contributed by atoms with van der Waals surface area (Å²) in [5, 5.41) is 2.65. The highest BCUT2D eigenvalue weighted by molar-refractivity contribution is 7.89. The van der Waals surface area contributed by atoms with Gasteiger partial charge in [0.25, 0.3) is 5.91 Å². The zero-order valence-corrected chi connectivity index (χ0v) is 18.0. The van der Waals surface area contributed by atoms with Crippen molar-refractivity contribution in [2.45, 2.75) is 37.6 Å². The number of carbonyl (C=O) groups is 2. The lowest BCUT2D eigenvalue weighted by atomic mass is 10.1. The van der Waals surface area contributed by atoms with Crippen LogP contribution in [-0.4, -0.2) is 38.9 Å². The first-order valence-corrected chi connectivity index (χ1v) is 11.0. The number of hydrogen-bond donors (Lipinski definition) is 2. The molecule has 1 aliphatic rings. The number of nitrogens with one attached hydrogen (secondary N) is 2. The van der Waals surface area contributed by atoms with Gasteiger partial charge in [-0.05, 0) is 45.0 Å². The molecule has 9 heteroatoms. The van der Waals surface area contributed by atoms with Gasteiger partial charge >= 0.3 is 0 Å². The minimum atomic E-state index is -3.82. The molecule has 0 spiro atoms. The van der Waals surface area contributed by atoms with Crippen LogP contribution < -0.4 is 19.7 Å². The molecule has 2 amide bonds. The van der Waals surface area contributed by atoms with Crippen LogP contribution in [-0.2, 0) is 19.6 Å². The summed E-state index contributed by atoms with van der Waals surface area (Å²) in [5.41, 5.74) is 0.131. The fourth-order valence-electron chi connectivity index (χ4n) is 3.09. The van der Waals surface area contributed by atoms with E-state index in [1.807, 2.05) is 6.07 Å². The molecule has 2 aromatic rings. The third-order valence-corrected chi connectivity index (χ3v) is 6.08. The predicted octanol–water partition coefficient (Wildman–Crippen LogP) is 2.52. The van der Waals surface area contributed by atoms with Crippen molar-refractivity contribution >= 4 is 33.2 Å². The number of ether oxygens (including phenoxy) is 1. The number of amides is 2. The van der Waals surface area contributed by atoms with Gasteiger partial charge in [-0.25, -0.2) is 13.1 Å². The molecule has 160 valence electrons. The van der Waals surface area contributed by atoms with Gasteiger partial charge in [0.05, 0.1) is 11.4 Å². The normalized spacial score (nSPS) is 14.1. The van der Waals surface area contributed by atoms with Gasteiger partial charge in [0.15, 0.2) is 6.61 Å². The van der Waals surface area contributed by atoms with Crippen molar-refractivity contribution in [1.29, 1.82) is 0 Å². The molecular weight excluding hydrogens is 406 g/mol. The molecule has 2 N–H and O–H groups in total. The van der Waals surface area contributed by atoms with Crippen LogP contribution in [0.4, 0.5) is 11.4 Å². The van der Waals surface area contributed by atoms with E-state index in [0.29, 0.717) is 11.4 Å². The van der Waals surface area contributed by atoms with Crippen LogP contribution in [0.2, 0.25) is 0 Å². The van der Waals surface area contributed by atoms with Crippen LogP contribution in [0.25, 0.3) is 0 Å². The van der Waals surface area contributed by atoms with E-state index in [1.165, 1.54) is 17.0 Å². The van der Waals surface area contributed by atoms with E-state index < -0.39 is 21.5 Å². The summed E-state index contributed by atoms with van der Waals surface area (Å²) in [6.45, 7) is 5.28. The Morgan fingerprint density at radius 2 is 1.77 bits per heavy atom. The first kappa shape index (κ1) is 21.8. The number of anilines is 2. The first-order chi connectivity index (χ1) is 14.1. The predicted molar refractivity (Wildman–Crippen MR) is 114 cm³/mol. The summed E-state index contributed by atoms with van der Waals surface area (Å²) in [6.07, 6.45) is 0.00115. The fourth-order valence-corrected chi connectivity index (χ4v) is 4.67. The minimum absolute atomic E-state index is 0.00115. The summed E-state index contributed by atoms with van der Waals surface area (Å²) in [7, 11) is -3.82. The lowest BCUT2D eigenvalue weighted by Crippen LogP contribution is -2.41. The van der Waals surface area contributed by atoms with E-state index in [9.17, 15) is 18.0 Å². The van der Waals surface area contributed by atoms with Gasteiger partial charge in [-0.2, -0.15) is 0 Å². The highest BCUT2D eigenvalue weighted by Gasteiger charge is 2.27. The molecule has 0 fully saturated rings. The molecule has 8 nitrogen and oxygen atoms in total. The standard InChI is InChI=1S/C21H25N3O5S/c1-21(2,3)23-30(27,28)18-11-7-4-8-15(18)22-19(25)12-13-24-16-9-5-6-10-17(16)29-14-20(24)26/h4-11,23H,12-14H2,1-3H3,(H,22,25). The molecule has 0 unspecified atom stereocenters. The lowest BCUT2D eigenvalue weighted by molar-refractivity contribution is -0.121. The third kappa shape index (κ3) is 5.17. The topological polar surface area (TPSA) is 105 Å². The average molecular weight is 432 g/mol. The molecule has 3 rings (SSSR count). The summed E-state index contributed by atoms with van der Waals surface area (Å²) in [5.74, 6) is -0.0498. The zero-order valence-electron chi connectivity index (χ0n) is 17.1. The van der Waals surface area contributed by atoms with Crippen LogP contribution in [0.15, 0.2) is 53.4 Å². The van der Waals surface area contributed by atoms with E-state index in [1.54, 1.807) is 51.1 Å². The number of hydrogen-bond acceptors (Lipinski definition) is 5. The highest BCUT2D eigenvalue weighted by Crippen LogP contribution is 2.31. The van der Waals surface area contributed by atoms with Crippen LogP contribution >= 0.6 is 0 Å². The fraction of sp³-hybridized carbons (Fsp3) is 0.333. The molecule has 0 bridgehead atoms. The summed E-state index contributed by atoms with van der Waals surface area (Å²) >= 11 is 0.